The topological polar surface area (TPSA) is 135 Å². The smallest absolute Gasteiger partial charge is 0.396 e. The maximum Gasteiger partial charge on any atom is 0.422 e. The average molecular weight is 488 g/mol. The summed E-state index contributed by atoms with van der Waals surface area (Å²) in [6.07, 6.45) is -5.89. The van der Waals surface area contributed by atoms with Gasteiger partial charge in [0.15, 0.2) is 6.10 Å². The van der Waals surface area contributed by atoms with Gasteiger partial charge in [-0.1, -0.05) is 64.9 Å². The van der Waals surface area contributed by atoms with Crippen LogP contribution in [-0.4, -0.2) is 44.6 Å². The van der Waals surface area contributed by atoms with Gasteiger partial charge in [0.1, 0.15) is 11.3 Å². The Labute approximate surface area is 196 Å². The SMILES string of the molecule is O=C(NCCCO)[C@H](O)c1ccc(-c2noc(-c3onc(-c4ccccc4)c3C(F)(F)F)n2)cc1. The van der Waals surface area contributed by atoms with Crippen molar-refractivity contribution in [1.82, 2.24) is 20.6 Å². The van der Waals surface area contributed by atoms with E-state index in [9.17, 15) is 23.1 Å². The maximum atomic E-state index is 13.9. The van der Waals surface area contributed by atoms with E-state index in [0.29, 0.717) is 12.0 Å². The summed E-state index contributed by atoms with van der Waals surface area (Å²) in [5.41, 5.74) is -0.675. The first-order valence-corrected chi connectivity index (χ1v) is 10.4. The summed E-state index contributed by atoms with van der Waals surface area (Å²) in [6, 6.07) is 13.6. The molecule has 4 rings (SSSR count). The van der Waals surface area contributed by atoms with Crippen LogP contribution in [0.1, 0.15) is 23.7 Å². The van der Waals surface area contributed by atoms with E-state index in [1.54, 1.807) is 18.2 Å². The van der Waals surface area contributed by atoms with Gasteiger partial charge in [0.05, 0.1) is 0 Å². The third kappa shape index (κ3) is 5.23. The number of carbonyl (C=O) groups is 1. The number of aliphatic hydroxyl groups is 2. The van der Waals surface area contributed by atoms with Crippen molar-refractivity contribution in [3.63, 3.8) is 0 Å². The van der Waals surface area contributed by atoms with Crippen molar-refractivity contribution in [3.8, 4) is 34.3 Å². The molecule has 35 heavy (non-hydrogen) atoms. The fourth-order valence-electron chi connectivity index (χ4n) is 3.28. The number of hydrogen-bond acceptors (Lipinski definition) is 8. The summed E-state index contributed by atoms with van der Waals surface area (Å²) in [4.78, 5) is 16.0. The molecule has 0 aliphatic heterocycles. The minimum atomic E-state index is -4.80. The second kappa shape index (κ2) is 10.1. The highest BCUT2D eigenvalue weighted by atomic mass is 19.4. The largest absolute Gasteiger partial charge is 0.422 e. The van der Waals surface area contributed by atoms with Gasteiger partial charge in [-0.25, -0.2) is 0 Å². The van der Waals surface area contributed by atoms with Crippen molar-refractivity contribution < 1.29 is 37.2 Å². The first-order valence-electron chi connectivity index (χ1n) is 10.4. The van der Waals surface area contributed by atoms with Crippen LogP contribution in [0.3, 0.4) is 0 Å². The molecule has 182 valence electrons. The third-order valence-electron chi connectivity index (χ3n) is 5.01. The number of nitrogens with zero attached hydrogens (tertiary/aromatic N) is 3. The van der Waals surface area contributed by atoms with E-state index in [0.717, 1.165) is 0 Å². The Kier molecular flexibility index (Phi) is 6.94. The molecule has 0 aliphatic rings. The Bertz CT molecular complexity index is 1290. The molecule has 2 aromatic heterocycles. The number of benzene rings is 2. The Morgan fingerprint density at radius 2 is 1.71 bits per heavy atom. The summed E-state index contributed by atoms with van der Waals surface area (Å²) in [6.45, 7) is 0.119. The van der Waals surface area contributed by atoms with Crippen LogP contribution in [0.25, 0.3) is 34.3 Å². The lowest BCUT2D eigenvalue weighted by molar-refractivity contribution is -0.137. The molecule has 0 fully saturated rings. The minimum Gasteiger partial charge on any atom is -0.396 e. The van der Waals surface area contributed by atoms with E-state index in [-0.39, 0.29) is 30.1 Å². The maximum absolute atomic E-state index is 13.9. The second-order valence-corrected chi connectivity index (χ2v) is 7.41. The van der Waals surface area contributed by atoms with E-state index in [1.165, 1.54) is 36.4 Å². The highest BCUT2D eigenvalue weighted by molar-refractivity contribution is 5.82. The van der Waals surface area contributed by atoms with Gasteiger partial charge in [-0.15, -0.1) is 0 Å². The van der Waals surface area contributed by atoms with Crippen molar-refractivity contribution in [2.75, 3.05) is 13.2 Å². The normalized spacial score (nSPS) is 12.5. The monoisotopic (exact) mass is 488 g/mol. The number of amides is 1. The molecule has 1 amide bonds. The Morgan fingerprint density at radius 1 is 1.00 bits per heavy atom. The average Bonchev–Trinajstić information content (AvgIpc) is 3.52. The van der Waals surface area contributed by atoms with Crippen LogP contribution in [0, 0.1) is 0 Å². The van der Waals surface area contributed by atoms with Crippen molar-refractivity contribution in [1.29, 1.82) is 0 Å². The molecule has 0 bridgehead atoms. The molecule has 0 spiro atoms. The molecule has 9 nitrogen and oxygen atoms in total. The van der Waals surface area contributed by atoms with E-state index in [1.807, 2.05) is 0 Å². The molecule has 1 atom stereocenters. The van der Waals surface area contributed by atoms with E-state index in [4.69, 9.17) is 14.2 Å². The molecule has 2 aromatic carbocycles. The molecule has 3 N–H and O–H groups in total. The van der Waals surface area contributed by atoms with E-state index in [2.05, 4.69) is 20.6 Å². The lowest BCUT2D eigenvalue weighted by atomic mass is 10.1. The molecule has 2 heterocycles. The van der Waals surface area contributed by atoms with Crippen molar-refractivity contribution in [3.05, 3.63) is 65.7 Å². The molecule has 4 aromatic rings. The number of carbonyl (C=O) groups excluding carboxylic acids is 1. The lowest BCUT2D eigenvalue weighted by Gasteiger charge is -2.11. The fourth-order valence-corrected chi connectivity index (χ4v) is 3.28. The lowest BCUT2D eigenvalue weighted by Crippen LogP contribution is -2.30. The van der Waals surface area contributed by atoms with Crippen LogP contribution >= 0.6 is 0 Å². The van der Waals surface area contributed by atoms with Crippen LogP contribution < -0.4 is 5.32 Å². The predicted molar refractivity (Wildman–Crippen MR) is 115 cm³/mol. The first kappa shape index (κ1) is 24.1. The van der Waals surface area contributed by atoms with Gasteiger partial charge in [0.25, 0.3) is 11.8 Å². The van der Waals surface area contributed by atoms with Crippen molar-refractivity contribution in [2.24, 2.45) is 0 Å². The van der Waals surface area contributed by atoms with Crippen molar-refractivity contribution in [2.45, 2.75) is 18.7 Å². The summed E-state index contributed by atoms with van der Waals surface area (Å²) in [5, 5.41) is 28.7. The number of halogens is 3. The minimum absolute atomic E-state index is 0.0285. The van der Waals surface area contributed by atoms with Crippen LogP contribution in [0.4, 0.5) is 13.2 Å². The molecule has 0 saturated carbocycles. The Morgan fingerprint density at radius 3 is 2.37 bits per heavy atom. The highest BCUT2D eigenvalue weighted by Gasteiger charge is 2.42. The number of hydrogen-bond donors (Lipinski definition) is 3. The van der Waals surface area contributed by atoms with Gasteiger partial charge in [0.2, 0.25) is 11.6 Å². The standard InChI is InChI=1S/C23H19F3N4O5/c24-23(25,26)16-17(13-5-2-1-3-6-13)29-34-19(16)22-28-20(30-35-22)15-9-7-14(8-10-15)18(32)21(33)27-11-4-12-31/h1-3,5-10,18,31-32H,4,11-12H2,(H,27,33)/t18-/m1/s1. The summed E-state index contributed by atoms with van der Waals surface area (Å²) in [7, 11) is 0. The molecular weight excluding hydrogens is 469 g/mol. The second-order valence-electron chi connectivity index (χ2n) is 7.41. The number of alkyl halides is 3. The number of aliphatic hydroxyl groups excluding tert-OH is 2. The number of nitrogens with one attached hydrogen (secondary N) is 1. The van der Waals surface area contributed by atoms with Gasteiger partial charge in [0, 0.05) is 24.3 Å². The number of aromatic nitrogens is 3. The van der Waals surface area contributed by atoms with Crippen molar-refractivity contribution >= 4 is 5.91 Å². The zero-order valence-electron chi connectivity index (χ0n) is 18.0. The molecule has 12 heteroatoms. The van der Waals surface area contributed by atoms with Crippen LogP contribution in [0.2, 0.25) is 0 Å². The van der Waals surface area contributed by atoms with E-state index < -0.39 is 41.1 Å². The van der Waals surface area contributed by atoms with Gasteiger partial charge in [-0.05, 0) is 12.0 Å². The summed E-state index contributed by atoms with van der Waals surface area (Å²) < 4.78 is 51.6. The summed E-state index contributed by atoms with van der Waals surface area (Å²) in [5.74, 6) is -1.87. The number of rotatable bonds is 8. The Balaban J connectivity index is 1.58. The zero-order chi connectivity index (χ0) is 25.0. The quantitative estimate of drug-likeness (QED) is 0.320. The highest BCUT2D eigenvalue weighted by Crippen LogP contribution is 2.43. The molecule has 0 radical (unpaired) electrons. The van der Waals surface area contributed by atoms with Crippen LogP contribution in [0.5, 0.6) is 0 Å². The fraction of sp³-hybridized carbons (Fsp3) is 0.217. The third-order valence-corrected chi connectivity index (χ3v) is 5.01. The summed E-state index contributed by atoms with van der Waals surface area (Å²) >= 11 is 0. The molecular formula is C23H19F3N4O5. The van der Waals surface area contributed by atoms with Gasteiger partial charge < -0.3 is 24.6 Å². The molecule has 0 saturated heterocycles. The predicted octanol–water partition coefficient (Wildman–Crippen LogP) is 3.61. The van der Waals surface area contributed by atoms with Gasteiger partial charge in [-0.3, -0.25) is 4.79 Å². The Hall–Kier alpha value is -4.03. The van der Waals surface area contributed by atoms with E-state index >= 15 is 0 Å². The molecule has 0 aliphatic carbocycles. The van der Waals surface area contributed by atoms with Gasteiger partial charge >= 0.3 is 6.18 Å². The molecule has 0 unspecified atom stereocenters. The van der Waals surface area contributed by atoms with Crippen LogP contribution in [-0.2, 0) is 11.0 Å². The zero-order valence-corrected chi connectivity index (χ0v) is 18.0. The van der Waals surface area contributed by atoms with Gasteiger partial charge in [-0.2, -0.15) is 18.2 Å². The first-order chi connectivity index (χ1) is 16.8. The van der Waals surface area contributed by atoms with Crippen LogP contribution in [0.15, 0.2) is 63.6 Å².